The number of aromatic nitrogens is 3. The normalized spacial score (nSPS) is 22.0. The van der Waals surface area contributed by atoms with Crippen LogP contribution in [-0.4, -0.2) is 64.7 Å². The molecular weight excluding hydrogens is 378 g/mol. The molecule has 156 valence electrons. The van der Waals surface area contributed by atoms with Gasteiger partial charge in [0.15, 0.2) is 18.4 Å². The maximum absolute atomic E-state index is 12.3. The molecule has 29 heavy (non-hydrogen) atoms. The molecule has 2 aliphatic rings. The van der Waals surface area contributed by atoms with Gasteiger partial charge in [0.25, 0.3) is 0 Å². The molecule has 2 aromatic heterocycles. The zero-order chi connectivity index (χ0) is 20.5. The van der Waals surface area contributed by atoms with Gasteiger partial charge in [-0.1, -0.05) is 0 Å². The third-order valence-corrected chi connectivity index (χ3v) is 5.27. The molecule has 1 aliphatic heterocycles. The predicted molar refractivity (Wildman–Crippen MR) is 103 cm³/mol. The summed E-state index contributed by atoms with van der Waals surface area (Å²) in [5.41, 5.74) is 2.77. The van der Waals surface area contributed by atoms with Gasteiger partial charge in [0.2, 0.25) is 0 Å². The summed E-state index contributed by atoms with van der Waals surface area (Å²) in [5.74, 6) is -1.20. The van der Waals surface area contributed by atoms with E-state index >= 15 is 0 Å². The zero-order valence-corrected chi connectivity index (χ0v) is 16.8. The van der Waals surface area contributed by atoms with Crippen LogP contribution in [0.1, 0.15) is 37.8 Å². The summed E-state index contributed by atoms with van der Waals surface area (Å²) < 4.78 is 11.3. The van der Waals surface area contributed by atoms with Crippen LogP contribution in [0.2, 0.25) is 0 Å². The Labute approximate surface area is 168 Å². The number of pyridine rings is 1. The van der Waals surface area contributed by atoms with Crippen LogP contribution in [0.4, 0.5) is 5.69 Å². The van der Waals surface area contributed by atoms with Crippen molar-refractivity contribution in [3.05, 3.63) is 18.0 Å². The van der Waals surface area contributed by atoms with Crippen LogP contribution < -0.4 is 5.32 Å². The van der Waals surface area contributed by atoms with Gasteiger partial charge >= 0.3 is 11.9 Å². The lowest BCUT2D eigenvalue weighted by molar-refractivity contribution is -0.184. The van der Waals surface area contributed by atoms with Crippen LogP contribution >= 0.6 is 0 Å². The SMILES string of the molecule is CCn1ncc2c(NC3CC3)c(C3CC(C(=O)OCC(=O)OC)ON3C)cnc21. The van der Waals surface area contributed by atoms with Gasteiger partial charge in [0.05, 0.1) is 30.4 Å². The fourth-order valence-electron chi connectivity index (χ4n) is 3.53. The molecule has 2 atom stereocenters. The minimum absolute atomic E-state index is 0.186. The third kappa shape index (κ3) is 3.90. The van der Waals surface area contributed by atoms with E-state index in [9.17, 15) is 9.59 Å². The van der Waals surface area contributed by atoms with Crippen LogP contribution in [0.3, 0.4) is 0 Å². The van der Waals surface area contributed by atoms with Gasteiger partial charge in [0, 0.05) is 37.8 Å². The van der Waals surface area contributed by atoms with E-state index in [0.29, 0.717) is 12.5 Å². The topological polar surface area (TPSA) is 108 Å². The number of hydrogen-bond acceptors (Lipinski definition) is 9. The molecule has 10 heteroatoms. The van der Waals surface area contributed by atoms with E-state index in [4.69, 9.17) is 9.57 Å². The number of aryl methyl sites for hydroxylation is 1. The number of hydroxylamine groups is 2. The molecule has 0 aromatic carbocycles. The summed E-state index contributed by atoms with van der Waals surface area (Å²) in [5, 5.41) is 10.6. The van der Waals surface area contributed by atoms with Gasteiger partial charge in [-0.05, 0) is 19.8 Å². The first-order valence-corrected chi connectivity index (χ1v) is 9.75. The molecule has 0 bridgehead atoms. The molecule has 2 fully saturated rings. The Morgan fingerprint density at radius 2 is 2.14 bits per heavy atom. The number of anilines is 1. The molecule has 1 N–H and O–H groups in total. The highest BCUT2D eigenvalue weighted by Crippen LogP contribution is 2.41. The van der Waals surface area contributed by atoms with Crippen molar-refractivity contribution < 1.29 is 23.9 Å². The van der Waals surface area contributed by atoms with Crippen molar-refractivity contribution in [2.24, 2.45) is 0 Å². The summed E-state index contributed by atoms with van der Waals surface area (Å²) in [4.78, 5) is 33.8. The van der Waals surface area contributed by atoms with E-state index in [0.717, 1.165) is 41.7 Å². The van der Waals surface area contributed by atoms with Gasteiger partial charge in [-0.3, -0.25) is 4.84 Å². The first-order chi connectivity index (χ1) is 14.0. The van der Waals surface area contributed by atoms with Crippen LogP contribution in [0, 0.1) is 0 Å². The van der Waals surface area contributed by atoms with Crippen molar-refractivity contribution in [2.45, 2.75) is 50.9 Å². The van der Waals surface area contributed by atoms with Crippen LogP contribution in [0.15, 0.2) is 12.4 Å². The summed E-state index contributed by atoms with van der Waals surface area (Å²) >= 11 is 0. The predicted octanol–water partition coefficient (Wildman–Crippen LogP) is 1.42. The summed E-state index contributed by atoms with van der Waals surface area (Å²) in [6, 6.07) is 0.256. The zero-order valence-electron chi connectivity index (χ0n) is 16.8. The average Bonchev–Trinajstić information content (AvgIpc) is 3.31. The lowest BCUT2D eigenvalue weighted by atomic mass is 10.00. The number of carbonyl (C=O) groups is 2. The first-order valence-electron chi connectivity index (χ1n) is 9.75. The highest BCUT2D eigenvalue weighted by atomic mass is 16.7. The molecule has 2 unspecified atom stereocenters. The first kappa shape index (κ1) is 19.6. The molecule has 0 amide bonds. The molecule has 10 nitrogen and oxygen atoms in total. The number of rotatable bonds is 7. The monoisotopic (exact) mass is 403 g/mol. The largest absolute Gasteiger partial charge is 0.466 e. The fourth-order valence-corrected chi connectivity index (χ4v) is 3.53. The number of nitrogens with one attached hydrogen (secondary N) is 1. The maximum atomic E-state index is 12.3. The van der Waals surface area contributed by atoms with E-state index in [2.05, 4.69) is 20.1 Å². The Kier molecular flexibility index (Phi) is 5.37. The van der Waals surface area contributed by atoms with E-state index in [1.807, 2.05) is 24.0 Å². The Balaban J connectivity index is 1.58. The van der Waals surface area contributed by atoms with Crippen molar-refractivity contribution in [1.82, 2.24) is 19.8 Å². The molecule has 1 saturated heterocycles. The molecule has 0 radical (unpaired) electrons. The van der Waals surface area contributed by atoms with E-state index in [-0.39, 0.29) is 6.04 Å². The molecule has 0 spiro atoms. The standard InChI is InChI=1S/C19H25N5O5/c1-4-24-18-13(9-21-24)17(22-11-5-6-11)12(8-20-18)14-7-15(29-23(14)2)19(26)28-10-16(25)27-3/h8-9,11,14-15H,4-7,10H2,1-3H3,(H,20,22). The fraction of sp³-hybridized carbons (Fsp3) is 0.579. The van der Waals surface area contributed by atoms with Crippen molar-refractivity contribution in [3.8, 4) is 0 Å². The molecule has 1 saturated carbocycles. The summed E-state index contributed by atoms with van der Waals surface area (Å²) in [6.45, 7) is 2.33. The number of fused-ring (bicyclic) bond motifs is 1. The van der Waals surface area contributed by atoms with Crippen LogP contribution in [0.25, 0.3) is 11.0 Å². The molecule has 1 aliphatic carbocycles. The number of carbonyl (C=O) groups excluding carboxylic acids is 2. The quantitative estimate of drug-likeness (QED) is 0.687. The highest BCUT2D eigenvalue weighted by Gasteiger charge is 2.40. The molecule has 4 rings (SSSR count). The van der Waals surface area contributed by atoms with E-state index in [1.165, 1.54) is 7.11 Å². The molecule has 3 heterocycles. The van der Waals surface area contributed by atoms with Crippen molar-refractivity contribution >= 4 is 28.7 Å². The Hall–Kier alpha value is -2.72. The van der Waals surface area contributed by atoms with Crippen LogP contribution in [0.5, 0.6) is 0 Å². The summed E-state index contributed by atoms with van der Waals surface area (Å²) in [6.07, 6.45) is 5.52. The number of hydrogen-bond donors (Lipinski definition) is 1. The number of nitrogens with zero attached hydrogens (tertiary/aromatic N) is 4. The Morgan fingerprint density at radius 3 is 2.83 bits per heavy atom. The minimum Gasteiger partial charge on any atom is -0.466 e. The average molecular weight is 403 g/mol. The van der Waals surface area contributed by atoms with E-state index in [1.54, 1.807) is 12.1 Å². The van der Waals surface area contributed by atoms with Gasteiger partial charge in [-0.25, -0.2) is 19.3 Å². The summed E-state index contributed by atoms with van der Waals surface area (Å²) in [7, 11) is 3.02. The Morgan fingerprint density at radius 1 is 1.34 bits per heavy atom. The third-order valence-electron chi connectivity index (χ3n) is 5.27. The second-order valence-corrected chi connectivity index (χ2v) is 7.28. The second-order valence-electron chi connectivity index (χ2n) is 7.28. The molecular formula is C19H25N5O5. The van der Waals surface area contributed by atoms with Crippen molar-refractivity contribution in [3.63, 3.8) is 0 Å². The highest BCUT2D eigenvalue weighted by molar-refractivity contribution is 5.91. The lowest BCUT2D eigenvalue weighted by Crippen LogP contribution is -2.26. The lowest BCUT2D eigenvalue weighted by Gasteiger charge is -2.21. The number of esters is 2. The van der Waals surface area contributed by atoms with Crippen molar-refractivity contribution in [2.75, 3.05) is 26.1 Å². The van der Waals surface area contributed by atoms with Crippen LogP contribution in [-0.2, 0) is 30.4 Å². The molecule has 2 aromatic rings. The maximum Gasteiger partial charge on any atom is 0.344 e. The van der Waals surface area contributed by atoms with Crippen molar-refractivity contribution in [1.29, 1.82) is 0 Å². The number of methoxy groups -OCH3 is 1. The second kappa shape index (κ2) is 7.96. The van der Waals surface area contributed by atoms with E-state index < -0.39 is 24.6 Å². The van der Waals surface area contributed by atoms with Gasteiger partial charge in [-0.2, -0.15) is 10.2 Å². The minimum atomic E-state index is -0.794. The van der Waals surface area contributed by atoms with Gasteiger partial charge in [0.1, 0.15) is 0 Å². The number of ether oxygens (including phenoxy) is 2. The van der Waals surface area contributed by atoms with Gasteiger partial charge < -0.3 is 14.8 Å². The Bertz CT molecular complexity index is 925. The smallest absolute Gasteiger partial charge is 0.344 e. The van der Waals surface area contributed by atoms with Gasteiger partial charge in [-0.15, -0.1) is 0 Å².